The Balaban J connectivity index is 2.04. The number of nitrogens with one attached hydrogen (secondary N) is 1. The summed E-state index contributed by atoms with van der Waals surface area (Å²) >= 11 is 0. The average molecular weight is 284 g/mol. The standard InChI is InChI=1S/C15H28N2O3/c1-11(2)6-5-7-19-10-14(18)8-16-9-15-17-12(3)13(4)20-15/h11,14,16,18H,5-10H2,1-4H3. The second-order valence-electron chi connectivity index (χ2n) is 5.64. The predicted octanol–water partition coefficient (Wildman–Crippen LogP) is 2.19. The molecule has 0 aliphatic rings. The molecule has 1 rings (SSSR count). The van der Waals surface area contributed by atoms with E-state index in [2.05, 4.69) is 24.1 Å². The highest BCUT2D eigenvalue weighted by molar-refractivity contribution is 5.05. The Kier molecular flexibility index (Phi) is 7.80. The van der Waals surface area contributed by atoms with Crippen LogP contribution < -0.4 is 5.32 Å². The zero-order valence-electron chi connectivity index (χ0n) is 13.1. The van der Waals surface area contributed by atoms with Crippen molar-refractivity contribution in [1.82, 2.24) is 10.3 Å². The number of nitrogens with zero attached hydrogens (tertiary/aromatic N) is 1. The zero-order valence-corrected chi connectivity index (χ0v) is 13.1. The Morgan fingerprint density at radius 1 is 1.35 bits per heavy atom. The summed E-state index contributed by atoms with van der Waals surface area (Å²) in [6, 6.07) is 0. The quantitative estimate of drug-likeness (QED) is 0.645. The summed E-state index contributed by atoms with van der Waals surface area (Å²) in [4.78, 5) is 4.27. The van der Waals surface area contributed by atoms with Crippen LogP contribution in [-0.2, 0) is 11.3 Å². The van der Waals surface area contributed by atoms with Crippen LogP contribution in [0, 0.1) is 19.8 Å². The van der Waals surface area contributed by atoms with Gasteiger partial charge in [-0.15, -0.1) is 0 Å². The van der Waals surface area contributed by atoms with Crippen molar-refractivity contribution in [2.45, 2.75) is 53.2 Å². The molecule has 0 aliphatic heterocycles. The number of aryl methyl sites for hydroxylation is 2. The van der Waals surface area contributed by atoms with Crippen molar-refractivity contribution in [3.8, 4) is 0 Å². The highest BCUT2D eigenvalue weighted by Gasteiger charge is 2.07. The Morgan fingerprint density at radius 2 is 2.10 bits per heavy atom. The zero-order chi connectivity index (χ0) is 15.0. The number of oxazole rings is 1. The van der Waals surface area contributed by atoms with Crippen LogP contribution in [0.25, 0.3) is 0 Å². The minimum Gasteiger partial charge on any atom is -0.444 e. The van der Waals surface area contributed by atoms with Crippen LogP contribution in [0.15, 0.2) is 4.42 Å². The SMILES string of the molecule is Cc1nc(CNCC(O)COCCCC(C)C)oc1C. The minimum absolute atomic E-state index is 0.370. The summed E-state index contributed by atoms with van der Waals surface area (Å²) in [5, 5.41) is 12.9. The second-order valence-corrected chi connectivity index (χ2v) is 5.64. The molecule has 0 fully saturated rings. The first kappa shape index (κ1) is 17.1. The molecule has 0 bridgehead atoms. The van der Waals surface area contributed by atoms with Crippen LogP contribution in [-0.4, -0.2) is 36.0 Å². The van der Waals surface area contributed by atoms with Crippen molar-refractivity contribution in [3.05, 3.63) is 17.3 Å². The summed E-state index contributed by atoms with van der Waals surface area (Å²) in [5.74, 6) is 2.21. The van der Waals surface area contributed by atoms with Gasteiger partial charge in [0.25, 0.3) is 0 Å². The lowest BCUT2D eigenvalue weighted by molar-refractivity contribution is 0.0344. The van der Waals surface area contributed by atoms with E-state index in [1.807, 2.05) is 13.8 Å². The van der Waals surface area contributed by atoms with Crippen molar-refractivity contribution in [2.75, 3.05) is 19.8 Å². The number of aromatic nitrogens is 1. The summed E-state index contributed by atoms with van der Waals surface area (Å²) in [5.41, 5.74) is 0.913. The van der Waals surface area contributed by atoms with E-state index in [1.54, 1.807) is 0 Å². The number of aliphatic hydroxyl groups is 1. The Bertz CT molecular complexity index is 358. The number of hydrogen-bond acceptors (Lipinski definition) is 5. The third-order valence-corrected chi connectivity index (χ3v) is 3.11. The molecular weight excluding hydrogens is 256 g/mol. The van der Waals surface area contributed by atoms with E-state index in [9.17, 15) is 5.11 Å². The maximum Gasteiger partial charge on any atom is 0.208 e. The molecule has 0 aromatic carbocycles. The fourth-order valence-electron chi connectivity index (χ4n) is 1.83. The molecule has 20 heavy (non-hydrogen) atoms. The fourth-order valence-corrected chi connectivity index (χ4v) is 1.83. The summed E-state index contributed by atoms with van der Waals surface area (Å²) in [7, 11) is 0. The normalized spacial score (nSPS) is 13.1. The van der Waals surface area contributed by atoms with Crippen molar-refractivity contribution in [3.63, 3.8) is 0 Å². The molecule has 0 aliphatic carbocycles. The van der Waals surface area contributed by atoms with Crippen LogP contribution in [0.1, 0.15) is 44.0 Å². The van der Waals surface area contributed by atoms with Crippen molar-refractivity contribution in [1.29, 1.82) is 0 Å². The van der Waals surface area contributed by atoms with Gasteiger partial charge < -0.3 is 19.6 Å². The molecule has 2 N–H and O–H groups in total. The van der Waals surface area contributed by atoms with Gasteiger partial charge in [0.15, 0.2) is 0 Å². The van der Waals surface area contributed by atoms with Gasteiger partial charge in [-0.3, -0.25) is 0 Å². The molecule has 116 valence electrons. The highest BCUT2D eigenvalue weighted by atomic mass is 16.5. The summed E-state index contributed by atoms with van der Waals surface area (Å²) in [6.07, 6.45) is 1.72. The lowest BCUT2D eigenvalue weighted by Gasteiger charge is -2.12. The van der Waals surface area contributed by atoms with Gasteiger partial charge in [0.05, 0.1) is 24.9 Å². The van der Waals surface area contributed by atoms with E-state index in [-0.39, 0.29) is 0 Å². The van der Waals surface area contributed by atoms with E-state index >= 15 is 0 Å². The number of hydrogen-bond donors (Lipinski definition) is 2. The summed E-state index contributed by atoms with van der Waals surface area (Å²) < 4.78 is 10.9. The van der Waals surface area contributed by atoms with Crippen molar-refractivity contribution < 1.29 is 14.3 Å². The molecule has 1 aromatic heterocycles. The Morgan fingerprint density at radius 3 is 2.70 bits per heavy atom. The van der Waals surface area contributed by atoms with Crippen LogP contribution >= 0.6 is 0 Å². The monoisotopic (exact) mass is 284 g/mol. The average Bonchev–Trinajstić information content (AvgIpc) is 2.68. The predicted molar refractivity (Wildman–Crippen MR) is 78.6 cm³/mol. The van der Waals surface area contributed by atoms with Gasteiger partial charge in [-0.25, -0.2) is 4.98 Å². The van der Waals surface area contributed by atoms with E-state index < -0.39 is 6.10 Å². The van der Waals surface area contributed by atoms with Gasteiger partial charge in [0.2, 0.25) is 5.89 Å². The van der Waals surface area contributed by atoms with Crippen LogP contribution in [0.3, 0.4) is 0 Å². The Hall–Kier alpha value is -0.910. The molecule has 0 saturated heterocycles. The minimum atomic E-state index is -0.494. The van der Waals surface area contributed by atoms with Crippen molar-refractivity contribution >= 4 is 0 Å². The van der Waals surface area contributed by atoms with Gasteiger partial charge in [-0.2, -0.15) is 0 Å². The second kappa shape index (κ2) is 9.10. The lowest BCUT2D eigenvalue weighted by Crippen LogP contribution is -2.30. The van der Waals surface area contributed by atoms with E-state index in [0.29, 0.717) is 38.1 Å². The number of aliphatic hydroxyl groups excluding tert-OH is 1. The van der Waals surface area contributed by atoms with Gasteiger partial charge in [0.1, 0.15) is 5.76 Å². The van der Waals surface area contributed by atoms with E-state index in [1.165, 1.54) is 0 Å². The molecule has 1 atom stereocenters. The van der Waals surface area contributed by atoms with Gasteiger partial charge >= 0.3 is 0 Å². The number of ether oxygens (including phenoxy) is 1. The highest BCUT2D eigenvalue weighted by Crippen LogP contribution is 2.07. The lowest BCUT2D eigenvalue weighted by atomic mass is 10.1. The maximum atomic E-state index is 9.76. The third kappa shape index (κ3) is 7.03. The topological polar surface area (TPSA) is 67.5 Å². The van der Waals surface area contributed by atoms with Crippen LogP contribution in [0.2, 0.25) is 0 Å². The first-order valence-electron chi connectivity index (χ1n) is 7.38. The first-order valence-corrected chi connectivity index (χ1v) is 7.38. The van der Waals surface area contributed by atoms with Crippen molar-refractivity contribution in [2.24, 2.45) is 5.92 Å². The molecular formula is C15H28N2O3. The smallest absolute Gasteiger partial charge is 0.208 e. The summed E-state index contributed by atoms with van der Waals surface area (Å²) in [6.45, 7) is 10.3. The molecule has 0 spiro atoms. The molecule has 0 radical (unpaired) electrons. The van der Waals surface area contributed by atoms with Gasteiger partial charge in [0, 0.05) is 13.2 Å². The molecule has 1 aromatic rings. The Labute approximate surface area is 121 Å². The largest absolute Gasteiger partial charge is 0.444 e. The molecule has 5 nitrogen and oxygen atoms in total. The molecule has 0 saturated carbocycles. The maximum absolute atomic E-state index is 9.76. The molecule has 1 heterocycles. The first-order chi connectivity index (χ1) is 9.49. The molecule has 0 amide bonds. The van der Waals surface area contributed by atoms with Crippen LogP contribution in [0.5, 0.6) is 0 Å². The number of rotatable bonds is 10. The molecule has 1 unspecified atom stereocenters. The third-order valence-electron chi connectivity index (χ3n) is 3.11. The van der Waals surface area contributed by atoms with E-state index in [4.69, 9.17) is 9.15 Å². The molecule has 5 heteroatoms. The van der Waals surface area contributed by atoms with Gasteiger partial charge in [-0.05, 0) is 32.6 Å². The fraction of sp³-hybridized carbons (Fsp3) is 0.800. The van der Waals surface area contributed by atoms with Crippen LogP contribution in [0.4, 0.5) is 0 Å². The van der Waals surface area contributed by atoms with E-state index in [0.717, 1.165) is 24.3 Å². The van der Waals surface area contributed by atoms with Gasteiger partial charge in [-0.1, -0.05) is 13.8 Å².